The summed E-state index contributed by atoms with van der Waals surface area (Å²) in [5, 5.41) is 20.9. The molecule has 2 saturated carbocycles. The first-order valence-electron chi connectivity index (χ1n) is 12.0. The summed E-state index contributed by atoms with van der Waals surface area (Å²) < 4.78 is 0. The van der Waals surface area contributed by atoms with Crippen molar-refractivity contribution in [3.05, 3.63) is 70.9 Å². The Labute approximate surface area is 204 Å². The van der Waals surface area contributed by atoms with Crippen LogP contribution in [-0.4, -0.2) is 38.8 Å². The summed E-state index contributed by atoms with van der Waals surface area (Å²) in [7, 11) is 0. The highest BCUT2D eigenvalue weighted by atomic mass is 16.4. The third kappa shape index (κ3) is 2.61. The summed E-state index contributed by atoms with van der Waals surface area (Å²) in [6, 6.07) is 12.6. The average molecular weight is 480 g/mol. The molecule has 4 unspecified atom stereocenters. The fourth-order valence-corrected chi connectivity index (χ4v) is 6.78. The van der Waals surface area contributed by atoms with Crippen LogP contribution in [0.15, 0.2) is 48.5 Å². The number of carboxylic acids is 1. The van der Waals surface area contributed by atoms with Crippen LogP contribution in [0.4, 0.5) is 5.69 Å². The topological polar surface area (TPSA) is 125 Å². The fraction of sp³-hybridized carbons (Fsp3) is 0.250. The second-order valence-electron chi connectivity index (χ2n) is 10.1. The molecule has 0 spiro atoms. The number of aliphatic hydroxyl groups excluding tert-OH is 1. The molecule has 2 heterocycles. The van der Waals surface area contributed by atoms with Crippen LogP contribution in [0.5, 0.6) is 0 Å². The van der Waals surface area contributed by atoms with E-state index in [1.54, 1.807) is 24.3 Å². The Morgan fingerprint density at radius 1 is 0.917 bits per heavy atom. The molecule has 4 atom stereocenters. The van der Waals surface area contributed by atoms with Crippen LogP contribution in [0.25, 0.3) is 22.2 Å². The predicted molar refractivity (Wildman–Crippen MR) is 129 cm³/mol. The standard InChI is InChI=1S/C28H20N2O6/c31-24-16-8-6-15(28(35)36)11-17(16)25(32)22(24)18-9-7-12-2-1-3-19(23(12)29-18)30-26(33)20-13-4-5-14(10-13)21(20)27(30)34/h1-3,6-9,11,13-14,20-21,32H,4-5,10H2,(H,35,36). The molecule has 1 aromatic heterocycles. The van der Waals surface area contributed by atoms with E-state index < -0.39 is 11.8 Å². The van der Waals surface area contributed by atoms with Gasteiger partial charge < -0.3 is 10.2 Å². The Bertz CT molecular complexity index is 1580. The molecular weight excluding hydrogens is 460 g/mol. The van der Waals surface area contributed by atoms with Gasteiger partial charge in [-0.3, -0.25) is 14.4 Å². The van der Waals surface area contributed by atoms with Crippen molar-refractivity contribution in [3.63, 3.8) is 0 Å². The average Bonchev–Trinajstić information content (AvgIpc) is 3.61. The molecule has 3 aromatic rings. The summed E-state index contributed by atoms with van der Waals surface area (Å²) >= 11 is 0. The number of carbonyl (C=O) groups excluding carboxylic acids is 3. The van der Waals surface area contributed by atoms with Crippen LogP contribution >= 0.6 is 0 Å². The van der Waals surface area contributed by atoms with E-state index in [9.17, 15) is 29.4 Å². The second kappa shape index (κ2) is 7.10. The zero-order chi connectivity index (χ0) is 24.9. The first kappa shape index (κ1) is 21.0. The van der Waals surface area contributed by atoms with Gasteiger partial charge in [-0.1, -0.05) is 18.2 Å². The SMILES string of the molecule is O=C(O)c1ccc2c(c1)C(O)=C(c1ccc3cccc(N4C(=O)C5C6CCC(C6)C5C4=O)c3n1)C2=O. The summed E-state index contributed by atoms with van der Waals surface area (Å²) in [5.74, 6) is -2.36. The van der Waals surface area contributed by atoms with Crippen LogP contribution in [0.1, 0.15) is 51.2 Å². The van der Waals surface area contributed by atoms with E-state index in [1.807, 2.05) is 6.07 Å². The highest BCUT2D eigenvalue weighted by Crippen LogP contribution is 2.57. The molecule has 36 heavy (non-hydrogen) atoms. The summed E-state index contributed by atoms with van der Waals surface area (Å²) in [6.07, 6.45) is 2.91. The third-order valence-electron chi connectivity index (χ3n) is 8.35. The maximum atomic E-state index is 13.4. The number of benzene rings is 2. The van der Waals surface area contributed by atoms with Crippen LogP contribution in [0.2, 0.25) is 0 Å². The lowest BCUT2D eigenvalue weighted by Gasteiger charge is -2.19. The van der Waals surface area contributed by atoms with E-state index >= 15 is 0 Å². The number of pyridine rings is 1. The summed E-state index contributed by atoms with van der Waals surface area (Å²) in [6.45, 7) is 0. The van der Waals surface area contributed by atoms with Crippen LogP contribution < -0.4 is 4.90 Å². The normalized spacial score (nSPS) is 26.3. The maximum Gasteiger partial charge on any atom is 0.335 e. The number of ketones is 1. The van der Waals surface area contributed by atoms with Gasteiger partial charge in [-0.25, -0.2) is 14.7 Å². The lowest BCUT2D eigenvalue weighted by Crippen LogP contribution is -2.33. The number of carboxylic acid groups (broad SMARTS) is 1. The number of anilines is 1. The van der Waals surface area contributed by atoms with Gasteiger partial charge in [0, 0.05) is 16.5 Å². The van der Waals surface area contributed by atoms with Gasteiger partial charge in [0.15, 0.2) is 5.78 Å². The highest BCUT2D eigenvalue weighted by molar-refractivity contribution is 6.39. The number of aromatic nitrogens is 1. The van der Waals surface area contributed by atoms with E-state index in [0.717, 1.165) is 19.3 Å². The van der Waals surface area contributed by atoms with E-state index in [0.29, 0.717) is 16.6 Å². The number of aliphatic hydroxyl groups is 1. The zero-order valence-corrected chi connectivity index (χ0v) is 19.0. The molecule has 1 aliphatic heterocycles. The lowest BCUT2D eigenvalue weighted by atomic mass is 9.81. The number of rotatable bonds is 3. The lowest BCUT2D eigenvalue weighted by molar-refractivity contribution is -0.123. The molecule has 2 bridgehead atoms. The Kier molecular flexibility index (Phi) is 4.14. The smallest absolute Gasteiger partial charge is 0.335 e. The number of para-hydroxylation sites is 1. The van der Waals surface area contributed by atoms with Crippen LogP contribution in [0, 0.1) is 23.7 Å². The molecule has 3 fully saturated rings. The first-order chi connectivity index (χ1) is 17.3. The third-order valence-corrected chi connectivity index (χ3v) is 8.35. The Morgan fingerprint density at radius 3 is 2.33 bits per heavy atom. The van der Waals surface area contributed by atoms with Crippen molar-refractivity contribution < 1.29 is 29.4 Å². The van der Waals surface area contributed by atoms with Gasteiger partial charge in [-0.15, -0.1) is 0 Å². The number of amides is 2. The minimum atomic E-state index is -1.17. The number of aromatic carboxylic acids is 1. The van der Waals surface area contributed by atoms with Gasteiger partial charge in [0.25, 0.3) is 0 Å². The molecular formula is C28H20N2O6. The highest BCUT2D eigenvalue weighted by Gasteiger charge is 2.61. The van der Waals surface area contributed by atoms with E-state index in [-0.39, 0.29) is 69.2 Å². The van der Waals surface area contributed by atoms with Crippen molar-refractivity contribution in [2.24, 2.45) is 23.7 Å². The monoisotopic (exact) mass is 480 g/mol. The number of imide groups is 1. The van der Waals surface area contributed by atoms with Gasteiger partial charge in [-0.2, -0.15) is 0 Å². The van der Waals surface area contributed by atoms with Crippen LogP contribution in [0.3, 0.4) is 0 Å². The van der Waals surface area contributed by atoms with E-state index in [4.69, 9.17) is 0 Å². The number of allylic oxidation sites excluding steroid dienone is 1. The predicted octanol–water partition coefficient (Wildman–Crippen LogP) is 4.09. The number of hydrogen-bond donors (Lipinski definition) is 2. The number of Topliss-reactive ketones (excluding diaryl/α,β-unsaturated/α-hetero) is 1. The molecule has 8 heteroatoms. The van der Waals surface area contributed by atoms with Crippen molar-refractivity contribution in [1.29, 1.82) is 0 Å². The van der Waals surface area contributed by atoms with Gasteiger partial charge in [0.2, 0.25) is 11.8 Å². The van der Waals surface area contributed by atoms with E-state index in [2.05, 4.69) is 4.98 Å². The molecule has 2 aromatic carbocycles. The number of nitrogens with zero attached hydrogens (tertiary/aromatic N) is 2. The fourth-order valence-electron chi connectivity index (χ4n) is 6.78. The van der Waals surface area contributed by atoms with Crippen molar-refractivity contribution >= 4 is 51.5 Å². The van der Waals surface area contributed by atoms with Gasteiger partial charge in [0.05, 0.1) is 39.9 Å². The van der Waals surface area contributed by atoms with Gasteiger partial charge in [0.1, 0.15) is 5.76 Å². The summed E-state index contributed by atoms with van der Waals surface area (Å²) in [4.78, 5) is 57.3. The van der Waals surface area contributed by atoms with Crippen molar-refractivity contribution in [2.75, 3.05) is 4.90 Å². The Balaban J connectivity index is 1.35. The van der Waals surface area contributed by atoms with Gasteiger partial charge in [-0.05, 0) is 61.4 Å². The molecule has 7 rings (SSSR count). The minimum Gasteiger partial charge on any atom is -0.506 e. The molecule has 4 aliphatic rings. The quantitative estimate of drug-likeness (QED) is 0.541. The maximum absolute atomic E-state index is 13.4. The minimum absolute atomic E-state index is 0.0433. The number of carbonyl (C=O) groups is 4. The first-order valence-corrected chi connectivity index (χ1v) is 12.0. The number of hydrogen-bond acceptors (Lipinski definition) is 6. The van der Waals surface area contributed by atoms with Crippen LogP contribution in [-0.2, 0) is 9.59 Å². The molecule has 178 valence electrons. The van der Waals surface area contributed by atoms with Crippen molar-refractivity contribution in [2.45, 2.75) is 19.3 Å². The summed E-state index contributed by atoms with van der Waals surface area (Å²) in [5.41, 5.74) is 1.19. The molecule has 1 saturated heterocycles. The molecule has 3 aliphatic carbocycles. The van der Waals surface area contributed by atoms with Crippen molar-refractivity contribution in [1.82, 2.24) is 4.98 Å². The molecule has 2 amide bonds. The Hall–Kier alpha value is -4.33. The number of fused-ring (bicyclic) bond motifs is 7. The molecule has 0 radical (unpaired) electrons. The molecule has 8 nitrogen and oxygen atoms in total. The largest absolute Gasteiger partial charge is 0.506 e. The zero-order valence-electron chi connectivity index (χ0n) is 19.0. The van der Waals surface area contributed by atoms with E-state index in [1.165, 1.54) is 23.1 Å². The van der Waals surface area contributed by atoms with Gasteiger partial charge >= 0.3 is 5.97 Å². The van der Waals surface area contributed by atoms with Crippen molar-refractivity contribution in [3.8, 4) is 0 Å². The Morgan fingerprint density at radius 2 is 1.64 bits per heavy atom. The molecule has 2 N–H and O–H groups in total. The second-order valence-corrected chi connectivity index (χ2v) is 10.1.